The van der Waals surface area contributed by atoms with Gasteiger partial charge in [0.15, 0.2) is 0 Å². The molecule has 96 valence electrons. The van der Waals surface area contributed by atoms with E-state index in [1.54, 1.807) is 7.11 Å². The zero-order chi connectivity index (χ0) is 11.8. The summed E-state index contributed by atoms with van der Waals surface area (Å²) in [7, 11) is 3.71. The Balaban J connectivity index is 2.11. The first-order chi connectivity index (χ1) is 7.72. The molecule has 1 heterocycles. The molecule has 16 heavy (non-hydrogen) atoms. The predicted molar refractivity (Wildman–Crippen MR) is 64.7 cm³/mol. The average Bonchev–Trinajstić information content (AvgIpc) is 2.27. The predicted octanol–water partition coefficient (Wildman–Crippen LogP) is -1.17. The Bertz CT molecular complexity index is 175. The van der Waals surface area contributed by atoms with E-state index in [0.717, 1.165) is 45.9 Å². The van der Waals surface area contributed by atoms with Gasteiger partial charge < -0.3 is 20.1 Å². The van der Waals surface area contributed by atoms with E-state index in [0.29, 0.717) is 6.54 Å². The number of hydrogen-bond donors (Lipinski definition) is 2. The number of aliphatic hydroxyl groups excluding tert-OH is 1. The number of nitrogens with one attached hydrogen (secondary N) is 1. The standard InChI is InChI=1S/C11H25N3O2/c1-13(7-8-16-2)9-11(15)10-14-5-3-12-4-6-14/h11-12,15H,3-10H2,1-2H3. The summed E-state index contributed by atoms with van der Waals surface area (Å²) in [5.41, 5.74) is 0. The van der Waals surface area contributed by atoms with Crippen LogP contribution in [0.1, 0.15) is 0 Å². The number of aliphatic hydroxyl groups is 1. The SMILES string of the molecule is COCCN(C)CC(O)CN1CCNCC1. The minimum Gasteiger partial charge on any atom is -0.390 e. The van der Waals surface area contributed by atoms with Crippen molar-refractivity contribution < 1.29 is 9.84 Å². The van der Waals surface area contributed by atoms with E-state index in [-0.39, 0.29) is 6.10 Å². The van der Waals surface area contributed by atoms with E-state index in [9.17, 15) is 5.11 Å². The van der Waals surface area contributed by atoms with Crippen molar-refractivity contribution in [2.45, 2.75) is 6.10 Å². The first kappa shape index (κ1) is 13.9. The van der Waals surface area contributed by atoms with Crippen LogP contribution in [0.15, 0.2) is 0 Å². The molecule has 0 aromatic heterocycles. The molecule has 0 saturated carbocycles. The van der Waals surface area contributed by atoms with Crippen molar-refractivity contribution in [2.75, 3.05) is 66.6 Å². The lowest BCUT2D eigenvalue weighted by Gasteiger charge is -2.30. The Kier molecular flexibility index (Phi) is 6.91. The fourth-order valence-electron chi connectivity index (χ4n) is 1.95. The molecule has 1 unspecified atom stereocenters. The molecule has 0 amide bonds. The minimum atomic E-state index is -0.264. The number of methoxy groups -OCH3 is 1. The van der Waals surface area contributed by atoms with Crippen LogP contribution in [-0.2, 0) is 4.74 Å². The van der Waals surface area contributed by atoms with E-state index in [1.807, 2.05) is 7.05 Å². The van der Waals surface area contributed by atoms with Gasteiger partial charge in [0.2, 0.25) is 0 Å². The van der Waals surface area contributed by atoms with E-state index in [2.05, 4.69) is 15.1 Å². The summed E-state index contributed by atoms with van der Waals surface area (Å²) >= 11 is 0. The first-order valence-electron chi connectivity index (χ1n) is 6.01. The van der Waals surface area contributed by atoms with Crippen LogP contribution < -0.4 is 5.32 Å². The molecular formula is C11H25N3O2. The molecular weight excluding hydrogens is 206 g/mol. The Labute approximate surface area is 98.4 Å². The van der Waals surface area contributed by atoms with Crippen molar-refractivity contribution in [3.8, 4) is 0 Å². The van der Waals surface area contributed by atoms with Gasteiger partial charge in [0.1, 0.15) is 0 Å². The van der Waals surface area contributed by atoms with Gasteiger partial charge in [-0.05, 0) is 7.05 Å². The summed E-state index contributed by atoms with van der Waals surface area (Å²) in [6.45, 7) is 7.23. The third-order valence-electron chi connectivity index (χ3n) is 2.88. The second kappa shape index (κ2) is 7.97. The van der Waals surface area contributed by atoms with Gasteiger partial charge in [-0.25, -0.2) is 0 Å². The third-order valence-corrected chi connectivity index (χ3v) is 2.88. The zero-order valence-corrected chi connectivity index (χ0v) is 10.5. The molecule has 0 aliphatic carbocycles. The maximum Gasteiger partial charge on any atom is 0.0793 e. The minimum absolute atomic E-state index is 0.264. The van der Waals surface area contributed by atoms with Crippen molar-refractivity contribution >= 4 is 0 Å². The Morgan fingerprint density at radius 1 is 1.44 bits per heavy atom. The summed E-state index contributed by atoms with van der Waals surface area (Å²) in [4.78, 5) is 4.42. The number of piperazine rings is 1. The number of nitrogens with zero attached hydrogens (tertiary/aromatic N) is 2. The van der Waals surface area contributed by atoms with Crippen LogP contribution in [0.3, 0.4) is 0 Å². The van der Waals surface area contributed by atoms with Gasteiger partial charge in [-0.1, -0.05) is 0 Å². The number of likely N-dealkylation sites (N-methyl/N-ethyl adjacent to an activating group) is 1. The first-order valence-corrected chi connectivity index (χ1v) is 6.01. The van der Waals surface area contributed by atoms with Crippen LogP contribution in [0.5, 0.6) is 0 Å². The fraction of sp³-hybridized carbons (Fsp3) is 1.00. The molecule has 5 nitrogen and oxygen atoms in total. The summed E-state index contributed by atoms with van der Waals surface area (Å²) in [5.74, 6) is 0. The number of rotatable bonds is 7. The molecule has 0 radical (unpaired) electrons. The quantitative estimate of drug-likeness (QED) is 0.578. The highest BCUT2D eigenvalue weighted by Crippen LogP contribution is 1.97. The lowest BCUT2D eigenvalue weighted by atomic mass is 10.2. The van der Waals surface area contributed by atoms with Gasteiger partial charge in [0.25, 0.3) is 0 Å². The zero-order valence-electron chi connectivity index (χ0n) is 10.5. The lowest BCUT2D eigenvalue weighted by Crippen LogP contribution is -2.48. The van der Waals surface area contributed by atoms with E-state index in [1.165, 1.54) is 0 Å². The van der Waals surface area contributed by atoms with Gasteiger partial charge in [0, 0.05) is 52.9 Å². The maximum atomic E-state index is 9.93. The van der Waals surface area contributed by atoms with Crippen molar-refractivity contribution in [3.05, 3.63) is 0 Å². The Hall–Kier alpha value is -0.200. The monoisotopic (exact) mass is 231 g/mol. The van der Waals surface area contributed by atoms with Gasteiger partial charge in [-0.3, -0.25) is 4.90 Å². The highest BCUT2D eigenvalue weighted by Gasteiger charge is 2.15. The summed E-state index contributed by atoms with van der Waals surface area (Å²) in [5, 5.41) is 13.2. The van der Waals surface area contributed by atoms with Gasteiger partial charge in [-0.2, -0.15) is 0 Å². The smallest absolute Gasteiger partial charge is 0.0793 e. The molecule has 1 atom stereocenters. The van der Waals surface area contributed by atoms with Crippen LogP contribution in [0.4, 0.5) is 0 Å². The van der Waals surface area contributed by atoms with E-state index in [4.69, 9.17) is 4.74 Å². The Morgan fingerprint density at radius 3 is 2.75 bits per heavy atom. The molecule has 0 bridgehead atoms. The van der Waals surface area contributed by atoms with Crippen molar-refractivity contribution in [3.63, 3.8) is 0 Å². The molecule has 5 heteroatoms. The maximum absolute atomic E-state index is 9.93. The third kappa shape index (κ3) is 5.77. The van der Waals surface area contributed by atoms with Gasteiger partial charge >= 0.3 is 0 Å². The highest BCUT2D eigenvalue weighted by atomic mass is 16.5. The summed E-state index contributed by atoms with van der Waals surface area (Å²) in [6, 6.07) is 0. The molecule has 2 N–H and O–H groups in total. The van der Waals surface area contributed by atoms with Crippen LogP contribution >= 0.6 is 0 Å². The largest absolute Gasteiger partial charge is 0.390 e. The number of β-amino-alcohol motifs (C(OH)–C–C–N with tert-alkyl or cyclic N) is 1. The molecule has 1 aliphatic rings. The second-order valence-electron chi connectivity index (χ2n) is 4.46. The van der Waals surface area contributed by atoms with E-state index >= 15 is 0 Å². The van der Waals surface area contributed by atoms with Crippen LogP contribution in [0.25, 0.3) is 0 Å². The summed E-state index contributed by atoms with van der Waals surface area (Å²) < 4.78 is 5.00. The highest BCUT2D eigenvalue weighted by molar-refractivity contribution is 4.72. The Morgan fingerprint density at radius 2 is 2.12 bits per heavy atom. The van der Waals surface area contributed by atoms with Crippen molar-refractivity contribution in [1.29, 1.82) is 0 Å². The average molecular weight is 231 g/mol. The molecule has 0 aromatic carbocycles. The molecule has 1 aliphatic heterocycles. The second-order valence-corrected chi connectivity index (χ2v) is 4.46. The lowest BCUT2D eigenvalue weighted by molar-refractivity contribution is 0.0679. The normalized spacial score (nSPS) is 20.2. The van der Waals surface area contributed by atoms with Crippen LogP contribution in [-0.4, -0.2) is 87.6 Å². The van der Waals surface area contributed by atoms with Crippen molar-refractivity contribution in [2.24, 2.45) is 0 Å². The van der Waals surface area contributed by atoms with Crippen LogP contribution in [0.2, 0.25) is 0 Å². The van der Waals surface area contributed by atoms with E-state index < -0.39 is 0 Å². The van der Waals surface area contributed by atoms with Crippen molar-refractivity contribution in [1.82, 2.24) is 15.1 Å². The van der Waals surface area contributed by atoms with Gasteiger partial charge in [0.05, 0.1) is 12.7 Å². The number of hydrogen-bond acceptors (Lipinski definition) is 5. The molecule has 1 fully saturated rings. The molecule has 0 spiro atoms. The fourth-order valence-corrected chi connectivity index (χ4v) is 1.95. The molecule has 0 aromatic rings. The molecule has 1 rings (SSSR count). The van der Waals surface area contributed by atoms with Gasteiger partial charge in [-0.15, -0.1) is 0 Å². The summed E-state index contributed by atoms with van der Waals surface area (Å²) in [6.07, 6.45) is -0.264. The van der Waals surface area contributed by atoms with Crippen LogP contribution in [0, 0.1) is 0 Å². The topological polar surface area (TPSA) is 48.0 Å². The number of ether oxygens (including phenoxy) is 1. The molecule has 1 saturated heterocycles.